The van der Waals surface area contributed by atoms with Crippen molar-refractivity contribution in [3.8, 4) is 11.5 Å². The summed E-state index contributed by atoms with van der Waals surface area (Å²) >= 11 is 12.6. The van der Waals surface area contributed by atoms with Crippen molar-refractivity contribution in [3.63, 3.8) is 0 Å². The zero-order valence-electron chi connectivity index (χ0n) is 23.7. The van der Waals surface area contributed by atoms with Crippen molar-refractivity contribution in [1.29, 1.82) is 0 Å². The predicted octanol–water partition coefficient (Wildman–Crippen LogP) is 7.14. The lowest BCUT2D eigenvalue weighted by atomic mass is 9.89. The molecule has 1 aliphatic heterocycles. The molecule has 0 N–H and O–H groups in total. The molecule has 1 unspecified atom stereocenters. The second kappa shape index (κ2) is 14.8. The Morgan fingerprint density at radius 2 is 1.60 bits per heavy atom. The molecule has 0 spiro atoms. The Kier molecular flexibility index (Phi) is 11.2. The molecule has 0 bridgehead atoms. The number of nitrogens with zero attached hydrogens (tertiary/aromatic N) is 2. The Morgan fingerprint density at radius 3 is 2.23 bits per heavy atom. The summed E-state index contributed by atoms with van der Waals surface area (Å²) in [4.78, 5) is 17.7. The van der Waals surface area contributed by atoms with Crippen LogP contribution >= 0.6 is 23.2 Å². The number of carbonyl (C=O) groups is 1. The first kappa shape index (κ1) is 30.2. The van der Waals surface area contributed by atoms with Gasteiger partial charge in [-0.2, -0.15) is 0 Å². The van der Waals surface area contributed by atoms with Crippen LogP contribution in [0.15, 0.2) is 66.7 Å². The van der Waals surface area contributed by atoms with Crippen LogP contribution < -0.4 is 9.47 Å². The Morgan fingerprint density at radius 1 is 0.925 bits per heavy atom. The molecule has 40 heavy (non-hydrogen) atoms. The van der Waals surface area contributed by atoms with Gasteiger partial charge in [-0.05, 0) is 92.2 Å². The summed E-state index contributed by atoms with van der Waals surface area (Å²) in [6.07, 6.45) is 4.80. The van der Waals surface area contributed by atoms with E-state index >= 15 is 0 Å². The number of methoxy groups -OCH3 is 2. The normalized spacial score (nSPS) is 15.0. The van der Waals surface area contributed by atoms with Gasteiger partial charge >= 0.3 is 0 Å². The molecule has 4 rings (SSSR count). The molecule has 1 saturated heterocycles. The van der Waals surface area contributed by atoms with Crippen molar-refractivity contribution in [1.82, 2.24) is 9.80 Å². The highest BCUT2D eigenvalue weighted by Crippen LogP contribution is 2.30. The van der Waals surface area contributed by atoms with E-state index in [0.29, 0.717) is 28.1 Å². The van der Waals surface area contributed by atoms with E-state index in [9.17, 15) is 4.79 Å². The number of amides is 1. The van der Waals surface area contributed by atoms with Gasteiger partial charge in [-0.25, -0.2) is 0 Å². The third-order valence-electron chi connectivity index (χ3n) is 7.97. The number of hydrogen-bond donors (Lipinski definition) is 0. The van der Waals surface area contributed by atoms with E-state index in [0.717, 1.165) is 49.5 Å². The first-order chi connectivity index (χ1) is 19.3. The summed E-state index contributed by atoms with van der Waals surface area (Å²) in [7, 11) is 5.10. The summed E-state index contributed by atoms with van der Waals surface area (Å²) in [6.45, 7) is 3.80. The molecule has 7 heteroatoms. The van der Waals surface area contributed by atoms with Crippen LogP contribution in [0.3, 0.4) is 0 Å². The van der Waals surface area contributed by atoms with E-state index in [1.807, 2.05) is 48.3 Å². The van der Waals surface area contributed by atoms with Gasteiger partial charge < -0.3 is 19.3 Å². The Bertz CT molecular complexity index is 1220. The van der Waals surface area contributed by atoms with Crippen LogP contribution in [0.5, 0.6) is 11.5 Å². The lowest BCUT2D eigenvalue weighted by Crippen LogP contribution is -2.37. The van der Waals surface area contributed by atoms with Gasteiger partial charge in [0.25, 0.3) is 0 Å². The first-order valence-electron chi connectivity index (χ1n) is 14.0. The molecule has 0 saturated carbocycles. The molecule has 3 aromatic rings. The smallest absolute Gasteiger partial charge is 0.226 e. The van der Waals surface area contributed by atoms with Crippen molar-refractivity contribution in [3.05, 3.63) is 93.5 Å². The highest BCUT2D eigenvalue weighted by Gasteiger charge is 2.23. The van der Waals surface area contributed by atoms with Gasteiger partial charge in [-0.3, -0.25) is 4.79 Å². The van der Waals surface area contributed by atoms with Crippen LogP contribution in [0.4, 0.5) is 0 Å². The molecular weight excluding hydrogens is 543 g/mol. The standard InChI is InChI=1S/C33H40Cl2N2O3/c1-36(33(38)20-26-18-29(39-2)22-30(19-26)40-3)23-28(27-9-10-31(34)32(35)21-27)13-16-37-14-11-25(12-15-37)17-24-7-5-4-6-8-24/h4-10,18-19,21-22,25,28H,11-17,20,23H2,1-3H3. The van der Waals surface area contributed by atoms with Crippen LogP contribution in [-0.4, -0.2) is 63.2 Å². The minimum Gasteiger partial charge on any atom is -0.497 e. The van der Waals surface area contributed by atoms with Crippen molar-refractivity contribution in [2.24, 2.45) is 5.92 Å². The number of hydrogen-bond acceptors (Lipinski definition) is 4. The van der Waals surface area contributed by atoms with Crippen LogP contribution in [0.1, 0.15) is 41.9 Å². The summed E-state index contributed by atoms with van der Waals surface area (Å²) in [5.41, 5.74) is 3.40. The van der Waals surface area contributed by atoms with Crippen molar-refractivity contribution in [2.75, 3.05) is 47.4 Å². The van der Waals surface area contributed by atoms with Gasteiger partial charge in [0.2, 0.25) is 5.91 Å². The zero-order valence-corrected chi connectivity index (χ0v) is 25.3. The second-order valence-electron chi connectivity index (χ2n) is 10.8. The largest absolute Gasteiger partial charge is 0.497 e. The maximum atomic E-state index is 13.3. The summed E-state index contributed by atoms with van der Waals surface area (Å²) < 4.78 is 10.8. The minimum atomic E-state index is 0.0436. The highest BCUT2D eigenvalue weighted by atomic mass is 35.5. The molecule has 1 amide bonds. The number of piperidine rings is 1. The highest BCUT2D eigenvalue weighted by molar-refractivity contribution is 6.42. The number of likely N-dealkylation sites (N-methyl/N-ethyl adjacent to an activating group) is 1. The third-order valence-corrected chi connectivity index (χ3v) is 8.71. The Hall–Kier alpha value is -2.73. The van der Waals surface area contributed by atoms with Gasteiger partial charge in [0.05, 0.1) is 30.7 Å². The first-order valence-corrected chi connectivity index (χ1v) is 14.8. The van der Waals surface area contributed by atoms with Gasteiger partial charge in [-0.15, -0.1) is 0 Å². The molecule has 5 nitrogen and oxygen atoms in total. The number of ether oxygens (including phenoxy) is 2. The molecule has 0 aliphatic carbocycles. The Labute approximate surface area is 249 Å². The molecule has 1 atom stereocenters. The monoisotopic (exact) mass is 582 g/mol. The lowest BCUT2D eigenvalue weighted by Gasteiger charge is -2.33. The van der Waals surface area contributed by atoms with Gasteiger partial charge in [0.15, 0.2) is 0 Å². The number of rotatable bonds is 12. The topological polar surface area (TPSA) is 42.0 Å². The lowest BCUT2D eigenvalue weighted by molar-refractivity contribution is -0.129. The summed E-state index contributed by atoms with van der Waals surface area (Å²) in [5.74, 6) is 2.27. The van der Waals surface area contributed by atoms with E-state index in [4.69, 9.17) is 32.7 Å². The molecule has 214 valence electrons. The van der Waals surface area contributed by atoms with E-state index in [2.05, 4.69) is 35.2 Å². The third kappa shape index (κ3) is 8.63. The molecule has 1 heterocycles. The maximum absolute atomic E-state index is 13.3. The average Bonchev–Trinajstić information content (AvgIpc) is 2.97. The van der Waals surface area contributed by atoms with Crippen LogP contribution in [0.25, 0.3) is 0 Å². The van der Waals surface area contributed by atoms with Crippen molar-refractivity contribution in [2.45, 2.75) is 38.0 Å². The molecule has 0 aromatic heterocycles. The number of carbonyl (C=O) groups excluding carboxylic acids is 1. The Balaban J connectivity index is 1.37. The van der Waals surface area contributed by atoms with E-state index < -0.39 is 0 Å². The fourth-order valence-corrected chi connectivity index (χ4v) is 5.85. The van der Waals surface area contributed by atoms with Crippen LogP contribution in [0, 0.1) is 5.92 Å². The van der Waals surface area contributed by atoms with E-state index in [1.165, 1.54) is 18.4 Å². The summed E-state index contributed by atoms with van der Waals surface area (Å²) in [6, 6.07) is 22.2. The number of halogens is 2. The average molecular weight is 584 g/mol. The zero-order chi connectivity index (χ0) is 28.5. The number of likely N-dealkylation sites (tertiary alicyclic amines) is 1. The molecule has 3 aromatic carbocycles. The van der Waals surface area contributed by atoms with E-state index in [1.54, 1.807) is 14.2 Å². The SMILES string of the molecule is COc1cc(CC(=O)N(C)CC(CCN2CCC(Cc3ccccc3)CC2)c2ccc(Cl)c(Cl)c2)cc(OC)c1. The minimum absolute atomic E-state index is 0.0436. The van der Waals surface area contributed by atoms with Crippen molar-refractivity contribution < 1.29 is 14.3 Å². The molecule has 1 fully saturated rings. The summed E-state index contributed by atoms with van der Waals surface area (Å²) in [5, 5.41) is 1.09. The number of benzene rings is 3. The van der Waals surface area contributed by atoms with Crippen LogP contribution in [0.2, 0.25) is 10.0 Å². The quantitative estimate of drug-likeness (QED) is 0.227. The molecular formula is C33H40Cl2N2O3. The van der Waals surface area contributed by atoms with Gasteiger partial charge in [0.1, 0.15) is 11.5 Å². The van der Waals surface area contributed by atoms with E-state index in [-0.39, 0.29) is 18.2 Å². The maximum Gasteiger partial charge on any atom is 0.226 e. The van der Waals surface area contributed by atoms with Gasteiger partial charge in [-0.1, -0.05) is 59.6 Å². The van der Waals surface area contributed by atoms with Crippen molar-refractivity contribution >= 4 is 29.1 Å². The fraction of sp³-hybridized carbons (Fsp3) is 0.424. The predicted molar refractivity (Wildman–Crippen MR) is 164 cm³/mol. The van der Waals surface area contributed by atoms with Gasteiger partial charge in [0, 0.05) is 25.6 Å². The fourth-order valence-electron chi connectivity index (χ4n) is 5.54. The second-order valence-corrected chi connectivity index (χ2v) is 11.6. The molecule has 0 radical (unpaired) electrons. The van der Waals surface area contributed by atoms with Crippen LogP contribution in [-0.2, 0) is 17.6 Å². The molecule has 1 aliphatic rings.